The lowest BCUT2D eigenvalue weighted by molar-refractivity contribution is 0.468. The largest absolute Gasteiger partial charge is 0.504 e. The van der Waals surface area contributed by atoms with E-state index in [1.807, 2.05) is 39.1 Å². The Bertz CT molecular complexity index is 913. The number of nitrogens with one attached hydrogen (secondary N) is 2. The normalized spacial score (nSPS) is 13.2. The Kier molecular flexibility index (Phi) is 11.4. The van der Waals surface area contributed by atoms with Gasteiger partial charge in [0, 0.05) is 18.5 Å². The van der Waals surface area contributed by atoms with Crippen LogP contribution in [0.3, 0.4) is 0 Å². The van der Waals surface area contributed by atoms with Crippen molar-refractivity contribution in [3.8, 4) is 5.75 Å². The highest BCUT2D eigenvalue weighted by atomic mass is 32.2. The maximum absolute atomic E-state index is 10.5. The first kappa shape index (κ1) is 26.5. The van der Waals surface area contributed by atoms with Crippen molar-refractivity contribution < 1.29 is 9.52 Å². The summed E-state index contributed by atoms with van der Waals surface area (Å²) in [5, 5.41) is 18.9. The maximum Gasteiger partial charge on any atom is 0.188 e. The monoisotopic (exact) mass is 497 g/mol. The number of furan rings is 1. The molecule has 0 radical (unpaired) electrons. The number of nitrogens with zero attached hydrogens (tertiary/aromatic N) is 3. The van der Waals surface area contributed by atoms with Gasteiger partial charge in [0.2, 0.25) is 0 Å². The lowest BCUT2D eigenvalue weighted by atomic mass is 10.3. The molecule has 1 aliphatic heterocycles. The predicted octanol–water partition coefficient (Wildman–Crippen LogP) is 7.42. The summed E-state index contributed by atoms with van der Waals surface area (Å²) in [5.41, 5.74) is 1.79. The van der Waals surface area contributed by atoms with Crippen LogP contribution in [-0.2, 0) is 6.54 Å². The standard InChI is InChI=1S/C17H21N5O2S3.C3H8.C2H6/c1-10-7-12(24-11(10)2)8-18-15-16(21-27-20-15)19-13-9-25-17(14(13)23)26-22-5-3-4-6-22;1-3-2;1-2/h7,9,23H,3-6,8H2,1-2H3,(H,18,20)(H,19,21);3H2,1-2H3;1-2H3. The molecule has 0 bridgehead atoms. The fourth-order valence-electron chi connectivity index (χ4n) is 2.81. The molecule has 0 unspecified atom stereocenters. The molecule has 0 aliphatic carbocycles. The Labute approximate surface area is 204 Å². The lowest BCUT2D eigenvalue weighted by Crippen LogP contribution is -2.07. The van der Waals surface area contributed by atoms with E-state index >= 15 is 0 Å². The van der Waals surface area contributed by atoms with E-state index in [1.165, 1.54) is 30.6 Å². The molecule has 0 amide bonds. The van der Waals surface area contributed by atoms with Gasteiger partial charge >= 0.3 is 0 Å². The molecule has 0 atom stereocenters. The predicted molar refractivity (Wildman–Crippen MR) is 139 cm³/mol. The first-order valence-corrected chi connectivity index (χ1v) is 13.5. The molecular formula is C22H35N5O2S3. The van der Waals surface area contributed by atoms with Gasteiger partial charge in [-0.05, 0) is 50.3 Å². The molecule has 1 fully saturated rings. The molecule has 3 aromatic heterocycles. The minimum atomic E-state index is 0.271. The summed E-state index contributed by atoms with van der Waals surface area (Å²) in [6, 6.07) is 2.02. The molecule has 7 nitrogen and oxygen atoms in total. The van der Waals surface area contributed by atoms with Crippen molar-refractivity contribution in [1.82, 2.24) is 13.1 Å². The molecule has 178 valence electrons. The van der Waals surface area contributed by atoms with Crippen molar-refractivity contribution in [2.75, 3.05) is 23.7 Å². The second kappa shape index (κ2) is 13.7. The van der Waals surface area contributed by atoms with Crippen LogP contribution in [0.15, 0.2) is 20.1 Å². The fraction of sp³-hybridized carbons (Fsp3) is 0.545. The number of aromatic hydroxyl groups is 1. The van der Waals surface area contributed by atoms with Gasteiger partial charge in [-0.3, -0.25) is 0 Å². The average molecular weight is 498 g/mol. The third-order valence-corrected chi connectivity index (χ3v) is 7.18. The van der Waals surface area contributed by atoms with Crippen LogP contribution in [-0.4, -0.2) is 31.2 Å². The van der Waals surface area contributed by atoms with Crippen LogP contribution in [0.2, 0.25) is 0 Å². The molecule has 1 aliphatic rings. The van der Waals surface area contributed by atoms with Gasteiger partial charge in [0.05, 0.1) is 24.0 Å². The smallest absolute Gasteiger partial charge is 0.188 e. The molecule has 4 heterocycles. The van der Waals surface area contributed by atoms with Gasteiger partial charge in [-0.2, -0.15) is 8.75 Å². The highest BCUT2D eigenvalue weighted by molar-refractivity contribution is 7.99. The maximum atomic E-state index is 10.5. The van der Waals surface area contributed by atoms with Crippen LogP contribution in [0, 0.1) is 13.8 Å². The topological polar surface area (TPSA) is 86.5 Å². The quantitative estimate of drug-likeness (QED) is 0.291. The summed E-state index contributed by atoms with van der Waals surface area (Å²) < 4.78 is 17.5. The van der Waals surface area contributed by atoms with E-state index in [2.05, 4.69) is 37.5 Å². The molecule has 0 spiro atoms. The van der Waals surface area contributed by atoms with Gasteiger partial charge in [-0.1, -0.05) is 34.1 Å². The Balaban J connectivity index is 0.000000671. The van der Waals surface area contributed by atoms with E-state index in [9.17, 15) is 5.11 Å². The number of aryl methyl sites for hydroxylation is 2. The number of thiophene rings is 1. The zero-order valence-corrected chi connectivity index (χ0v) is 22.3. The van der Waals surface area contributed by atoms with Crippen LogP contribution < -0.4 is 10.6 Å². The zero-order chi connectivity index (χ0) is 23.5. The summed E-state index contributed by atoms with van der Waals surface area (Å²) in [7, 11) is 0. The van der Waals surface area contributed by atoms with Crippen LogP contribution >= 0.6 is 35.0 Å². The van der Waals surface area contributed by atoms with Crippen LogP contribution in [0.25, 0.3) is 0 Å². The third kappa shape index (κ3) is 7.40. The lowest BCUT2D eigenvalue weighted by Gasteiger charge is -2.11. The Morgan fingerprint density at radius 2 is 1.81 bits per heavy atom. The van der Waals surface area contributed by atoms with Crippen molar-refractivity contribution >= 4 is 52.3 Å². The number of hydrogen-bond donors (Lipinski definition) is 3. The van der Waals surface area contributed by atoms with Gasteiger partial charge in [0.25, 0.3) is 0 Å². The number of hydrogen-bond acceptors (Lipinski definition) is 10. The first-order chi connectivity index (χ1) is 15.5. The summed E-state index contributed by atoms with van der Waals surface area (Å²) in [6.07, 6.45) is 3.69. The molecule has 3 N–H and O–H groups in total. The van der Waals surface area contributed by atoms with Crippen molar-refractivity contribution in [3.63, 3.8) is 0 Å². The zero-order valence-electron chi connectivity index (χ0n) is 19.8. The van der Waals surface area contributed by atoms with E-state index < -0.39 is 0 Å². The Hall–Kier alpha value is -1.75. The van der Waals surface area contributed by atoms with Crippen molar-refractivity contribution in [2.45, 2.75) is 71.6 Å². The molecule has 0 aromatic carbocycles. The van der Waals surface area contributed by atoms with E-state index in [4.69, 9.17) is 4.42 Å². The molecule has 4 rings (SSSR count). The molecule has 1 saturated heterocycles. The average Bonchev–Trinajstić information content (AvgIpc) is 3.57. The molecule has 0 saturated carbocycles. The van der Waals surface area contributed by atoms with Gasteiger partial charge < -0.3 is 20.2 Å². The number of anilines is 3. The summed E-state index contributed by atoms with van der Waals surface area (Å²) in [4.78, 5) is 0. The van der Waals surface area contributed by atoms with Crippen molar-refractivity contribution in [2.24, 2.45) is 0 Å². The van der Waals surface area contributed by atoms with Crippen LogP contribution in [0.4, 0.5) is 17.3 Å². The third-order valence-electron chi connectivity index (χ3n) is 4.40. The van der Waals surface area contributed by atoms with Gasteiger partial charge in [0.1, 0.15) is 15.7 Å². The minimum absolute atomic E-state index is 0.271. The highest BCUT2D eigenvalue weighted by Crippen LogP contribution is 2.44. The van der Waals surface area contributed by atoms with Crippen LogP contribution in [0.1, 0.15) is 64.0 Å². The molecule has 10 heteroatoms. The molecule has 32 heavy (non-hydrogen) atoms. The van der Waals surface area contributed by atoms with Crippen LogP contribution in [0.5, 0.6) is 5.75 Å². The highest BCUT2D eigenvalue weighted by Gasteiger charge is 2.19. The number of rotatable bonds is 7. The van der Waals surface area contributed by atoms with Crippen molar-refractivity contribution in [3.05, 3.63) is 28.5 Å². The van der Waals surface area contributed by atoms with Gasteiger partial charge in [-0.25, -0.2) is 4.31 Å². The summed E-state index contributed by atoms with van der Waals surface area (Å²) in [6.45, 7) is 14.9. The second-order valence-corrected chi connectivity index (χ2v) is 9.89. The van der Waals surface area contributed by atoms with E-state index in [1.54, 1.807) is 11.9 Å². The minimum Gasteiger partial charge on any atom is -0.504 e. The number of aromatic nitrogens is 2. The van der Waals surface area contributed by atoms with Gasteiger partial charge in [-0.15, -0.1) is 11.3 Å². The SMILES string of the molecule is CC.CCC.Cc1cc(CNc2nsnc2Nc2csc(SN3CCCC3)c2O)oc1C. The molecular weight excluding hydrogens is 462 g/mol. The first-order valence-electron chi connectivity index (χ1n) is 11.1. The second-order valence-electron chi connectivity index (χ2n) is 7.11. The summed E-state index contributed by atoms with van der Waals surface area (Å²) >= 11 is 4.28. The summed E-state index contributed by atoms with van der Waals surface area (Å²) in [5.74, 6) is 3.30. The van der Waals surface area contributed by atoms with Crippen molar-refractivity contribution in [1.29, 1.82) is 0 Å². The fourth-order valence-corrected chi connectivity index (χ4v) is 5.41. The van der Waals surface area contributed by atoms with E-state index in [-0.39, 0.29) is 5.75 Å². The van der Waals surface area contributed by atoms with E-state index in [0.29, 0.717) is 23.9 Å². The Morgan fingerprint density at radius 1 is 1.16 bits per heavy atom. The Morgan fingerprint density at radius 3 is 2.44 bits per heavy atom. The van der Waals surface area contributed by atoms with Gasteiger partial charge in [0.15, 0.2) is 17.4 Å². The molecule has 3 aromatic rings. The van der Waals surface area contributed by atoms with E-state index in [0.717, 1.165) is 46.1 Å².